The zero-order valence-electron chi connectivity index (χ0n) is 11.8. The van der Waals surface area contributed by atoms with Gasteiger partial charge in [-0.25, -0.2) is 0 Å². The van der Waals surface area contributed by atoms with Crippen LogP contribution in [0, 0.1) is 5.92 Å². The summed E-state index contributed by atoms with van der Waals surface area (Å²) in [6, 6.07) is 0.690. The van der Waals surface area contributed by atoms with E-state index >= 15 is 0 Å². The maximum atomic E-state index is 5.05. The van der Waals surface area contributed by atoms with Crippen LogP contribution in [-0.2, 0) is 4.74 Å². The Bertz CT molecular complexity index is 112. The number of likely N-dealkylation sites (tertiary alicyclic amines) is 1. The Morgan fingerprint density at radius 1 is 1.27 bits per heavy atom. The Labute approximate surface area is 97.0 Å². The van der Waals surface area contributed by atoms with Crippen LogP contribution >= 0.6 is 0 Å². The van der Waals surface area contributed by atoms with Crippen molar-refractivity contribution in [1.82, 2.24) is 4.90 Å². The van der Waals surface area contributed by atoms with Gasteiger partial charge in [-0.3, -0.25) is 0 Å². The monoisotopic (exact) mass is 217 g/mol. The summed E-state index contributed by atoms with van der Waals surface area (Å²) >= 11 is 0. The third-order valence-electron chi connectivity index (χ3n) is 2.03. The first-order valence-electron chi connectivity index (χ1n) is 6.27. The van der Waals surface area contributed by atoms with E-state index in [4.69, 9.17) is 4.74 Å². The van der Waals surface area contributed by atoms with Crippen molar-refractivity contribution in [2.24, 2.45) is 5.92 Å². The highest BCUT2D eigenvalue weighted by Gasteiger charge is 2.19. The van der Waals surface area contributed by atoms with Crippen LogP contribution in [0.25, 0.3) is 0 Å². The number of nitrogens with zero attached hydrogens (tertiary/aromatic N) is 1. The zero-order valence-corrected chi connectivity index (χ0v) is 11.8. The maximum Gasteiger partial charge on any atom is 0.0617 e. The molecule has 94 valence electrons. The van der Waals surface area contributed by atoms with Gasteiger partial charge < -0.3 is 9.64 Å². The molecule has 0 bridgehead atoms. The fraction of sp³-hybridized carbons (Fsp3) is 1.00. The highest BCUT2D eigenvalue weighted by Crippen LogP contribution is 2.13. The maximum absolute atomic E-state index is 5.05. The summed E-state index contributed by atoms with van der Waals surface area (Å²) in [5, 5.41) is 0. The van der Waals surface area contributed by atoms with E-state index in [9.17, 15) is 0 Å². The zero-order chi connectivity index (χ0) is 12.3. The van der Waals surface area contributed by atoms with Crippen LogP contribution in [0.1, 0.15) is 47.5 Å². The molecule has 1 heterocycles. The molecule has 1 rings (SSSR count). The number of rotatable bonds is 2. The third-order valence-corrected chi connectivity index (χ3v) is 2.03. The van der Waals surface area contributed by atoms with Gasteiger partial charge in [-0.1, -0.05) is 34.6 Å². The number of methoxy groups -OCH3 is 1. The summed E-state index contributed by atoms with van der Waals surface area (Å²) in [5.41, 5.74) is 0. The second-order valence-electron chi connectivity index (χ2n) is 4.46. The van der Waals surface area contributed by atoms with Gasteiger partial charge >= 0.3 is 0 Å². The van der Waals surface area contributed by atoms with Gasteiger partial charge in [0, 0.05) is 13.2 Å². The molecule has 0 aromatic heterocycles. The number of hydrogen-bond acceptors (Lipinski definition) is 2. The molecule has 1 aliphatic heterocycles. The fourth-order valence-corrected chi connectivity index (χ4v) is 1.38. The lowest BCUT2D eigenvalue weighted by atomic mass is 10.2. The van der Waals surface area contributed by atoms with Gasteiger partial charge in [0.25, 0.3) is 0 Å². The minimum Gasteiger partial charge on any atom is -0.383 e. The molecule has 0 aromatic carbocycles. The molecule has 1 unspecified atom stereocenters. The topological polar surface area (TPSA) is 12.5 Å². The summed E-state index contributed by atoms with van der Waals surface area (Å²) in [7, 11) is 3.93. The van der Waals surface area contributed by atoms with Gasteiger partial charge in [-0.2, -0.15) is 0 Å². The number of ether oxygens (including phenoxy) is 1. The van der Waals surface area contributed by atoms with Gasteiger partial charge in [-0.15, -0.1) is 0 Å². The second-order valence-corrected chi connectivity index (χ2v) is 4.46. The Morgan fingerprint density at radius 2 is 1.73 bits per heavy atom. The van der Waals surface area contributed by atoms with E-state index in [1.165, 1.54) is 19.4 Å². The molecule has 1 saturated heterocycles. The minimum atomic E-state index is 0.690. The minimum absolute atomic E-state index is 0.690. The molecule has 0 spiro atoms. The predicted molar refractivity (Wildman–Crippen MR) is 69.4 cm³/mol. The predicted octanol–water partition coefficient (Wildman–Crippen LogP) is 3.42. The van der Waals surface area contributed by atoms with Gasteiger partial charge in [-0.05, 0) is 32.4 Å². The summed E-state index contributed by atoms with van der Waals surface area (Å²) in [5.74, 6) is 0.833. The molecule has 0 radical (unpaired) electrons. The van der Waals surface area contributed by atoms with Gasteiger partial charge in [0.1, 0.15) is 0 Å². The lowest BCUT2D eigenvalue weighted by Gasteiger charge is -2.17. The first-order chi connectivity index (χ1) is 7.07. The van der Waals surface area contributed by atoms with Crippen molar-refractivity contribution >= 4 is 0 Å². The van der Waals surface area contributed by atoms with Crippen LogP contribution in [-0.4, -0.2) is 38.3 Å². The van der Waals surface area contributed by atoms with Crippen molar-refractivity contribution in [3.05, 3.63) is 0 Å². The molecular weight excluding hydrogens is 186 g/mol. The van der Waals surface area contributed by atoms with E-state index in [0.717, 1.165) is 12.5 Å². The summed E-state index contributed by atoms with van der Waals surface area (Å²) in [6.07, 6.45) is 2.65. The molecule has 0 N–H and O–H groups in total. The smallest absolute Gasteiger partial charge is 0.0617 e. The van der Waals surface area contributed by atoms with E-state index in [0.29, 0.717) is 6.04 Å². The first kappa shape index (κ1) is 17.3. The Kier molecular flexibility index (Phi) is 13.8. The van der Waals surface area contributed by atoms with E-state index in [1.807, 2.05) is 13.8 Å². The van der Waals surface area contributed by atoms with Crippen molar-refractivity contribution in [2.75, 3.05) is 27.3 Å². The lowest BCUT2D eigenvalue weighted by Crippen LogP contribution is -2.28. The SMILES string of the molecule is CC.CC(C)C.COCC1CCCN1C. The molecule has 0 saturated carbocycles. The Hall–Kier alpha value is -0.0800. The first-order valence-corrected chi connectivity index (χ1v) is 6.27. The van der Waals surface area contributed by atoms with Crippen molar-refractivity contribution in [3.63, 3.8) is 0 Å². The van der Waals surface area contributed by atoms with Gasteiger partial charge in [0.05, 0.1) is 6.61 Å². The van der Waals surface area contributed by atoms with Gasteiger partial charge in [0.2, 0.25) is 0 Å². The molecule has 1 atom stereocenters. The van der Waals surface area contributed by atoms with Crippen LogP contribution in [0.3, 0.4) is 0 Å². The number of likely N-dealkylation sites (N-methyl/N-ethyl adjacent to an activating group) is 1. The largest absolute Gasteiger partial charge is 0.383 e. The third kappa shape index (κ3) is 11.8. The summed E-state index contributed by atoms with van der Waals surface area (Å²) in [6.45, 7) is 12.6. The second kappa shape index (κ2) is 12.0. The van der Waals surface area contributed by atoms with Crippen molar-refractivity contribution < 1.29 is 4.74 Å². The van der Waals surface area contributed by atoms with E-state index in [2.05, 4.69) is 32.7 Å². The lowest BCUT2D eigenvalue weighted by molar-refractivity contribution is 0.129. The van der Waals surface area contributed by atoms with Crippen LogP contribution in [0.5, 0.6) is 0 Å². The average Bonchev–Trinajstić information content (AvgIpc) is 2.55. The Balaban J connectivity index is 0. The van der Waals surface area contributed by atoms with Crippen LogP contribution in [0.2, 0.25) is 0 Å². The molecule has 1 fully saturated rings. The Morgan fingerprint density at radius 3 is 2.00 bits per heavy atom. The molecule has 0 aromatic rings. The standard InChI is InChI=1S/C7H15NO.C4H10.C2H6/c1-8-5-3-4-7(8)6-9-2;1-4(2)3;1-2/h7H,3-6H2,1-2H3;4H,1-3H3;1-2H3. The highest BCUT2D eigenvalue weighted by molar-refractivity contribution is 4.75. The number of hydrogen-bond donors (Lipinski definition) is 0. The summed E-state index contributed by atoms with van der Waals surface area (Å²) < 4.78 is 5.05. The fourth-order valence-electron chi connectivity index (χ4n) is 1.38. The summed E-state index contributed by atoms with van der Waals surface area (Å²) in [4.78, 5) is 2.36. The molecule has 0 amide bonds. The quantitative estimate of drug-likeness (QED) is 0.703. The van der Waals surface area contributed by atoms with Crippen molar-refractivity contribution in [1.29, 1.82) is 0 Å². The van der Waals surface area contributed by atoms with E-state index < -0.39 is 0 Å². The molecule has 2 nitrogen and oxygen atoms in total. The van der Waals surface area contributed by atoms with Crippen molar-refractivity contribution in [2.45, 2.75) is 53.5 Å². The molecule has 0 aliphatic carbocycles. The molecule has 15 heavy (non-hydrogen) atoms. The average molecular weight is 217 g/mol. The normalized spacial score (nSPS) is 20.4. The highest BCUT2D eigenvalue weighted by atomic mass is 16.5. The van der Waals surface area contributed by atoms with Crippen molar-refractivity contribution in [3.8, 4) is 0 Å². The van der Waals surface area contributed by atoms with Gasteiger partial charge in [0.15, 0.2) is 0 Å². The van der Waals surface area contributed by atoms with E-state index in [1.54, 1.807) is 7.11 Å². The van der Waals surface area contributed by atoms with Crippen LogP contribution in [0.4, 0.5) is 0 Å². The molecule has 1 aliphatic rings. The molecule has 2 heteroatoms. The van der Waals surface area contributed by atoms with Crippen LogP contribution < -0.4 is 0 Å². The molecular formula is C13H31NO. The van der Waals surface area contributed by atoms with Crippen LogP contribution in [0.15, 0.2) is 0 Å². The van der Waals surface area contributed by atoms with E-state index in [-0.39, 0.29) is 0 Å².